The molecule has 0 aromatic heterocycles. The van der Waals surface area contributed by atoms with Crippen molar-refractivity contribution in [3.8, 4) is 0 Å². The summed E-state index contributed by atoms with van der Waals surface area (Å²) in [6, 6.07) is 4.60. The smallest absolute Gasteiger partial charge is 0.328 e. The molecule has 0 radical (unpaired) electrons. The van der Waals surface area contributed by atoms with E-state index in [0.717, 1.165) is 6.08 Å². The first-order chi connectivity index (χ1) is 9.08. The first kappa shape index (κ1) is 13.7. The van der Waals surface area contributed by atoms with Gasteiger partial charge >= 0.3 is 5.97 Å². The number of rotatable bonds is 6. The third-order valence-electron chi connectivity index (χ3n) is 2.85. The van der Waals surface area contributed by atoms with E-state index in [2.05, 4.69) is 0 Å². The van der Waals surface area contributed by atoms with Crippen molar-refractivity contribution in [3.63, 3.8) is 0 Å². The van der Waals surface area contributed by atoms with Crippen LogP contribution in [0.15, 0.2) is 24.3 Å². The molecule has 1 heterocycles. The van der Waals surface area contributed by atoms with Crippen molar-refractivity contribution in [3.05, 3.63) is 41.2 Å². The second-order valence-corrected chi connectivity index (χ2v) is 4.35. The fourth-order valence-corrected chi connectivity index (χ4v) is 1.74. The Morgan fingerprint density at radius 1 is 1.68 bits per heavy atom. The molecular formula is C14H15FO4. The lowest BCUT2D eigenvalue weighted by atomic mass is 10.0. The van der Waals surface area contributed by atoms with Crippen LogP contribution in [-0.2, 0) is 14.3 Å². The van der Waals surface area contributed by atoms with Crippen LogP contribution < -0.4 is 0 Å². The Morgan fingerprint density at radius 3 is 3.05 bits per heavy atom. The number of ether oxygens (including phenoxy) is 2. The number of aliphatic carboxylic acids is 1. The summed E-state index contributed by atoms with van der Waals surface area (Å²) in [4.78, 5) is 10.5. The maximum atomic E-state index is 13.7. The number of carbonyl (C=O) groups is 1. The summed E-state index contributed by atoms with van der Waals surface area (Å²) in [7, 11) is 0. The molecule has 0 spiro atoms. The molecule has 5 heteroatoms. The first-order valence-electron chi connectivity index (χ1n) is 6.00. The van der Waals surface area contributed by atoms with Gasteiger partial charge in [-0.2, -0.15) is 0 Å². The molecule has 1 N–H and O–H groups in total. The van der Waals surface area contributed by atoms with E-state index in [1.165, 1.54) is 12.1 Å². The van der Waals surface area contributed by atoms with Crippen LogP contribution >= 0.6 is 0 Å². The van der Waals surface area contributed by atoms with Crippen molar-refractivity contribution in [2.45, 2.75) is 19.1 Å². The van der Waals surface area contributed by atoms with E-state index in [1.807, 2.05) is 0 Å². The molecule has 0 amide bonds. The monoisotopic (exact) mass is 266 g/mol. The van der Waals surface area contributed by atoms with Crippen LogP contribution in [0, 0.1) is 5.82 Å². The summed E-state index contributed by atoms with van der Waals surface area (Å²) < 4.78 is 24.4. The van der Waals surface area contributed by atoms with E-state index in [9.17, 15) is 9.18 Å². The molecule has 0 saturated carbocycles. The standard InChI is InChI=1S/C14H15FO4/c1-9(18-7-10-8-19-10)11-3-2-4-13(15)12(11)5-6-14(16)17/h2-6,9-10H,7-8H2,1H3,(H,16,17)/t9-,10+/m1/s1. The SMILES string of the molecule is C[C@@H](OC[C@H]1CO1)c1cccc(F)c1C=CC(=O)O. The molecule has 0 bridgehead atoms. The fraction of sp³-hybridized carbons (Fsp3) is 0.357. The molecule has 19 heavy (non-hydrogen) atoms. The lowest BCUT2D eigenvalue weighted by molar-refractivity contribution is -0.131. The molecule has 1 aromatic carbocycles. The Balaban J connectivity index is 2.17. The molecular weight excluding hydrogens is 251 g/mol. The minimum Gasteiger partial charge on any atom is -0.478 e. The average Bonchev–Trinajstić information content (AvgIpc) is 3.18. The molecule has 0 aliphatic carbocycles. The van der Waals surface area contributed by atoms with Gasteiger partial charge in [-0.25, -0.2) is 9.18 Å². The summed E-state index contributed by atoms with van der Waals surface area (Å²) >= 11 is 0. The van der Waals surface area contributed by atoms with Crippen LogP contribution in [0.25, 0.3) is 6.08 Å². The largest absolute Gasteiger partial charge is 0.478 e. The van der Waals surface area contributed by atoms with Crippen LogP contribution in [0.3, 0.4) is 0 Å². The van der Waals surface area contributed by atoms with Crippen molar-refractivity contribution in [1.82, 2.24) is 0 Å². The summed E-state index contributed by atoms with van der Waals surface area (Å²) in [5, 5.41) is 8.62. The predicted octanol–water partition coefficient (Wildman–Crippen LogP) is 2.40. The normalized spacial score (nSPS) is 19.6. The number of halogens is 1. The van der Waals surface area contributed by atoms with Crippen LogP contribution in [0.1, 0.15) is 24.2 Å². The molecule has 4 nitrogen and oxygen atoms in total. The molecule has 0 unspecified atom stereocenters. The van der Waals surface area contributed by atoms with Crippen LogP contribution in [-0.4, -0.2) is 30.4 Å². The van der Waals surface area contributed by atoms with E-state index in [-0.39, 0.29) is 17.8 Å². The Labute approximate surface area is 110 Å². The molecule has 1 aliphatic rings. The number of carboxylic acid groups (broad SMARTS) is 1. The molecule has 2 atom stereocenters. The van der Waals surface area contributed by atoms with Gasteiger partial charge in [0, 0.05) is 11.6 Å². The molecule has 102 valence electrons. The average molecular weight is 266 g/mol. The second kappa shape index (κ2) is 5.95. The van der Waals surface area contributed by atoms with Gasteiger partial charge in [-0.05, 0) is 24.6 Å². The van der Waals surface area contributed by atoms with Gasteiger partial charge in [0.15, 0.2) is 0 Å². The summed E-state index contributed by atoms with van der Waals surface area (Å²) in [5.41, 5.74) is 0.868. The van der Waals surface area contributed by atoms with Crippen molar-refractivity contribution in [1.29, 1.82) is 0 Å². The highest BCUT2D eigenvalue weighted by Gasteiger charge is 2.24. The predicted molar refractivity (Wildman–Crippen MR) is 67.2 cm³/mol. The number of carboxylic acids is 1. The second-order valence-electron chi connectivity index (χ2n) is 4.35. The Morgan fingerprint density at radius 2 is 2.42 bits per heavy atom. The topological polar surface area (TPSA) is 59.1 Å². The van der Waals surface area contributed by atoms with E-state index in [4.69, 9.17) is 14.6 Å². The van der Waals surface area contributed by atoms with E-state index < -0.39 is 11.8 Å². The van der Waals surface area contributed by atoms with Crippen molar-refractivity contribution in [2.24, 2.45) is 0 Å². The highest BCUT2D eigenvalue weighted by Crippen LogP contribution is 2.25. The zero-order valence-electron chi connectivity index (χ0n) is 10.5. The molecule has 1 saturated heterocycles. The Hall–Kier alpha value is -1.72. The Bertz CT molecular complexity index is 494. The van der Waals surface area contributed by atoms with E-state index >= 15 is 0 Å². The maximum Gasteiger partial charge on any atom is 0.328 e. The van der Waals surface area contributed by atoms with Crippen LogP contribution in [0.5, 0.6) is 0 Å². The highest BCUT2D eigenvalue weighted by molar-refractivity contribution is 5.85. The summed E-state index contributed by atoms with van der Waals surface area (Å²) in [6.07, 6.45) is 1.97. The summed E-state index contributed by atoms with van der Waals surface area (Å²) in [5.74, 6) is -1.58. The minimum absolute atomic E-state index is 0.133. The fourth-order valence-electron chi connectivity index (χ4n) is 1.74. The Kier molecular flexibility index (Phi) is 4.29. The maximum absolute atomic E-state index is 13.7. The van der Waals surface area contributed by atoms with E-state index in [1.54, 1.807) is 19.1 Å². The van der Waals surface area contributed by atoms with Crippen molar-refractivity contribution < 1.29 is 23.8 Å². The van der Waals surface area contributed by atoms with Gasteiger partial charge in [0.05, 0.1) is 19.3 Å². The van der Waals surface area contributed by atoms with Gasteiger partial charge in [-0.3, -0.25) is 0 Å². The van der Waals surface area contributed by atoms with Gasteiger partial charge < -0.3 is 14.6 Å². The molecule has 2 rings (SSSR count). The van der Waals surface area contributed by atoms with E-state index in [0.29, 0.717) is 18.8 Å². The zero-order valence-corrected chi connectivity index (χ0v) is 10.5. The third-order valence-corrected chi connectivity index (χ3v) is 2.85. The first-order valence-corrected chi connectivity index (χ1v) is 6.00. The van der Waals surface area contributed by atoms with Crippen molar-refractivity contribution in [2.75, 3.05) is 13.2 Å². The summed E-state index contributed by atoms with van der Waals surface area (Å²) in [6.45, 7) is 2.96. The van der Waals surface area contributed by atoms with Gasteiger partial charge in [-0.1, -0.05) is 12.1 Å². The molecule has 1 aromatic rings. The minimum atomic E-state index is -1.12. The number of hydrogen-bond acceptors (Lipinski definition) is 3. The zero-order chi connectivity index (χ0) is 13.8. The van der Waals surface area contributed by atoms with Crippen LogP contribution in [0.4, 0.5) is 4.39 Å². The van der Waals surface area contributed by atoms with Gasteiger partial charge in [0.2, 0.25) is 0 Å². The number of benzene rings is 1. The third kappa shape index (κ3) is 3.87. The molecule has 1 fully saturated rings. The number of epoxide rings is 1. The lowest BCUT2D eigenvalue weighted by Gasteiger charge is -2.15. The van der Waals surface area contributed by atoms with Gasteiger partial charge in [-0.15, -0.1) is 0 Å². The molecule has 1 aliphatic heterocycles. The highest BCUT2D eigenvalue weighted by atomic mass is 19.1. The van der Waals surface area contributed by atoms with Crippen molar-refractivity contribution >= 4 is 12.0 Å². The van der Waals surface area contributed by atoms with Crippen LogP contribution in [0.2, 0.25) is 0 Å². The number of hydrogen-bond donors (Lipinski definition) is 1. The lowest BCUT2D eigenvalue weighted by Crippen LogP contribution is -2.08. The van der Waals surface area contributed by atoms with Gasteiger partial charge in [0.25, 0.3) is 0 Å². The quantitative estimate of drug-likeness (QED) is 0.634. The van der Waals surface area contributed by atoms with Gasteiger partial charge in [0.1, 0.15) is 11.9 Å².